The largest absolute Gasteiger partial charge is 0.277 e. The van der Waals surface area contributed by atoms with E-state index in [9.17, 15) is 4.39 Å². The Hall–Kier alpha value is -1.38. The SMILES string of the molecule is CCc1n[nH]c2c(C)cc(F)cc12. The Bertz CT molecular complexity index is 445. The molecular formula is C10H11FN2. The molecule has 68 valence electrons. The van der Waals surface area contributed by atoms with Crippen LogP contribution in [-0.2, 0) is 6.42 Å². The summed E-state index contributed by atoms with van der Waals surface area (Å²) in [4.78, 5) is 0. The Morgan fingerprint density at radius 1 is 1.46 bits per heavy atom. The van der Waals surface area contributed by atoms with Crippen LogP contribution in [0.3, 0.4) is 0 Å². The third-order valence-corrected chi connectivity index (χ3v) is 2.25. The van der Waals surface area contributed by atoms with Gasteiger partial charge in [0.25, 0.3) is 0 Å². The molecule has 0 amide bonds. The van der Waals surface area contributed by atoms with Crippen LogP contribution in [0.5, 0.6) is 0 Å². The van der Waals surface area contributed by atoms with Crippen molar-refractivity contribution in [2.24, 2.45) is 0 Å². The second-order valence-electron chi connectivity index (χ2n) is 3.17. The summed E-state index contributed by atoms with van der Waals surface area (Å²) in [5.74, 6) is -0.193. The van der Waals surface area contributed by atoms with E-state index in [2.05, 4.69) is 10.2 Å². The van der Waals surface area contributed by atoms with Crippen LogP contribution in [0, 0.1) is 12.7 Å². The van der Waals surface area contributed by atoms with Gasteiger partial charge >= 0.3 is 0 Å². The van der Waals surface area contributed by atoms with E-state index in [0.29, 0.717) is 0 Å². The van der Waals surface area contributed by atoms with Crippen LogP contribution in [-0.4, -0.2) is 10.2 Å². The molecule has 13 heavy (non-hydrogen) atoms. The number of hydrogen-bond donors (Lipinski definition) is 1. The predicted octanol–water partition coefficient (Wildman–Crippen LogP) is 2.57. The average molecular weight is 178 g/mol. The van der Waals surface area contributed by atoms with Gasteiger partial charge < -0.3 is 0 Å². The van der Waals surface area contributed by atoms with Crippen molar-refractivity contribution in [3.05, 3.63) is 29.2 Å². The number of H-pyrrole nitrogens is 1. The number of aromatic nitrogens is 2. The summed E-state index contributed by atoms with van der Waals surface area (Å²) in [7, 11) is 0. The number of halogens is 1. The second-order valence-corrected chi connectivity index (χ2v) is 3.17. The highest BCUT2D eigenvalue weighted by atomic mass is 19.1. The minimum absolute atomic E-state index is 0.193. The summed E-state index contributed by atoms with van der Waals surface area (Å²) in [5, 5.41) is 7.94. The molecule has 0 unspecified atom stereocenters. The molecule has 0 spiro atoms. The maximum absolute atomic E-state index is 13.0. The van der Waals surface area contributed by atoms with E-state index in [1.165, 1.54) is 12.1 Å². The fraction of sp³-hybridized carbons (Fsp3) is 0.300. The lowest BCUT2D eigenvalue weighted by Gasteiger charge is -1.96. The molecule has 0 radical (unpaired) electrons. The van der Waals surface area contributed by atoms with Gasteiger partial charge in [0.05, 0.1) is 11.2 Å². The first-order valence-corrected chi connectivity index (χ1v) is 4.35. The van der Waals surface area contributed by atoms with Crippen LogP contribution in [0.25, 0.3) is 10.9 Å². The summed E-state index contributed by atoms with van der Waals surface area (Å²) in [6.45, 7) is 3.89. The summed E-state index contributed by atoms with van der Waals surface area (Å²) < 4.78 is 13.0. The molecule has 2 aromatic rings. The summed E-state index contributed by atoms with van der Waals surface area (Å²) in [5.41, 5.74) is 2.78. The zero-order valence-electron chi connectivity index (χ0n) is 7.69. The first-order chi connectivity index (χ1) is 6.22. The topological polar surface area (TPSA) is 28.7 Å². The Morgan fingerprint density at radius 3 is 2.92 bits per heavy atom. The monoisotopic (exact) mass is 178 g/mol. The van der Waals surface area contributed by atoms with Crippen molar-refractivity contribution < 1.29 is 4.39 Å². The summed E-state index contributed by atoms with van der Waals surface area (Å²) >= 11 is 0. The van der Waals surface area contributed by atoms with E-state index < -0.39 is 0 Å². The predicted molar refractivity (Wildman–Crippen MR) is 50.2 cm³/mol. The lowest BCUT2D eigenvalue weighted by Crippen LogP contribution is -1.82. The van der Waals surface area contributed by atoms with Gasteiger partial charge in [0.15, 0.2) is 0 Å². The smallest absolute Gasteiger partial charge is 0.124 e. The minimum Gasteiger partial charge on any atom is -0.277 e. The van der Waals surface area contributed by atoms with Crippen LogP contribution in [0.1, 0.15) is 18.2 Å². The maximum atomic E-state index is 13.0. The molecular weight excluding hydrogens is 167 g/mol. The lowest BCUT2D eigenvalue weighted by atomic mass is 10.1. The molecule has 0 fully saturated rings. The molecule has 1 heterocycles. The van der Waals surface area contributed by atoms with Crippen molar-refractivity contribution in [2.75, 3.05) is 0 Å². The Balaban J connectivity index is 2.82. The highest BCUT2D eigenvalue weighted by molar-refractivity contribution is 5.84. The van der Waals surface area contributed by atoms with E-state index in [-0.39, 0.29) is 5.82 Å². The highest BCUT2D eigenvalue weighted by Gasteiger charge is 2.07. The number of benzene rings is 1. The van der Waals surface area contributed by atoms with Gasteiger partial charge in [0.2, 0.25) is 0 Å². The third-order valence-electron chi connectivity index (χ3n) is 2.25. The standard InChI is InChI=1S/C10H11FN2/c1-3-9-8-5-7(11)4-6(2)10(8)13-12-9/h4-5H,3H2,1-2H3,(H,12,13). The number of fused-ring (bicyclic) bond motifs is 1. The van der Waals surface area contributed by atoms with Crippen LogP contribution in [0.15, 0.2) is 12.1 Å². The molecule has 1 N–H and O–H groups in total. The first kappa shape index (κ1) is 8.23. The normalized spacial score (nSPS) is 11.0. The second kappa shape index (κ2) is 2.83. The van der Waals surface area contributed by atoms with E-state index in [1.807, 2.05) is 13.8 Å². The quantitative estimate of drug-likeness (QED) is 0.714. The van der Waals surface area contributed by atoms with Gasteiger partial charge in [-0.25, -0.2) is 4.39 Å². The number of rotatable bonds is 1. The summed E-state index contributed by atoms with van der Waals surface area (Å²) in [6, 6.07) is 3.05. The Labute approximate surface area is 75.8 Å². The minimum atomic E-state index is -0.193. The van der Waals surface area contributed by atoms with Gasteiger partial charge in [0, 0.05) is 5.39 Å². The molecule has 2 rings (SSSR count). The van der Waals surface area contributed by atoms with Crippen molar-refractivity contribution in [2.45, 2.75) is 20.3 Å². The molecule has 0 aliphatic heterocycles. The number of nitrogens with zero attached hydrogens (tertiary/aromatic N) is 1. The van der Waals surface area contributed by atoms with Crippen LogP contribution in [0.4, 0.5) is 4.39 Å². The Kier molecular flexibility index (Phi) is 1.79. The molecule has 0 atom stereocenters. The van der Waals surface area contributed by atoms with Gasteiger partial charge in [-0.15, -0.1) is 0 Å². The molecule has 1 aromatic heterocycles. The van der Waals surface area contributed by atoms with Crippen molar-refractivity contribution in [1.29, 1.82) is 0 Å². The number of aromatic amines is 1. The van der Waals surface area contributed by atoms with Crippen molar-refractivity contribution in [3.8, 4) is 0 Å². The number of hydrogen-bond acceptors (Lipinski definition) is 1. The van der Waals surface area contributed by atoms with E-state index in [4.69, 9.17) is 0 Å². The first-order valence-electron chi connectivity index (χ1n) is 4.35. The molecule has 1 aromatic carbocycles. The fourth-order valence-electron chi connectivity index (χ4n) is 1.57. The zero-order valence-corrected chi connectivity index (χ0v) is 7.69. The van der Waals surface area contributed by atoms with Crippen LogP contribution in [0.2, 0.25) is 0 Å². The average Bonchev–Trinajstić information content (AvgIpc) is 2.47. The van der Waals surface area contributed by atoms with Gasteiger partial charge in [0.1, 0.15) is 5.82 Å². The van der Waals surface area contributed by atoms with Crippen LogP contribution >= 0.6 is 0 Å². The van der Waals surface area contributed by atoms with Gasteiger partial charge in [-0.1, -0.05) is 6.92 Å². The molecule has 2 nitrogen and oxygen atoms in total. The third kappa shape index (κ3) is 1.20. The molecule has 0 aliphatic rings. The van der Waals surface area contributed by atoms with Crippen molar-refractivity contribution >= 4 is 10.9 Å². The summed E-state index contributed by atoms with van der Waals surface area (Å²) in [6.07, 6.45) is 0.822. The van der Waals surface area contributed by atoms with Gasteiger partial charge in [-0.05, 0) is 31.0 Å². The molecule has 0 bridgehead atoms. The van der Waals surface area contributed by atoms with Crippen LogP contribution < -0.4 is 0 Å². The number of nitrogens with one attached hydrogen (secondary N) is 1. The van der Waals surface area contributed by atoms with E-state index >= 15 is 0 Å². The van der Waals surface area contributed by atoms with E-state index in [1.54, 1.807) is 0 Å². The Morgan fingerprint density at radius 2 is 2.23 bits per heavy atom. The lowest BCUT2D eigenvalue weighted by molar-refractivity contribution is 0.628. The molecule has 3 heteroatoms. The molecule has 0 saturated carbocycles. The highest BCUT2D eigenvalue weighted by Crippen LogP contribution is 2.21. The molecule has 0 aliphatic carbocycles. The fourth-order valence-corrected chi connectivity index (χ4v) is 1.57. The van der Waals surface area contributed by atoms with E-state index in [0.717, 1.165) is 28.6 Å². The molecule has 0 saturated heterocycles. The van der Waals surface area contributed by atoms with Crippen molar-refractivity contribution in [1.82, 2.24) is 10.2 Å². The van der Waals surface area contributed by atoms with Gasteiger partial charge in [-0.2, -0.15) is 5.10 Å². The number of aryl methyl sites for hydroxylation is 2. The van der Waals surface area contributed by atoms with Crippen molar-refractivity contribution in [3.63, 3.8) is 0 Å². The zero-order chi connectivity index (χ0) is 9.42. The van der Waals surface area contributed by atoms with Gasteiger partial charge in [-0.3, -0.25) is 5.10 Å². The maximum Gasteiger partial charge on any atom is 0.124 e.